The van der Waals surface area contributed by atoms with Gasteiger partial charge in [-0.15, -0.1) is 11.3 Å². The summed E-state index contributed by atoms with van der Waals surface area (Å²) in [7, 11) is 0. The Morgan fingerprint density at radius 3 is 1.03 bits per heavy atom. The van der Waals surface area contributed by atoms with E-state index < -0.39 is 0 Å². The average molecular weight is 799 g/mol. The Labute approximate surface area is 356 Å². The third-order valence-corrected chi connectivity index (χ3v) is 11.9. The van der Waals surface area contributed by atoms with Gasteiger partial charge in [-0.1, -0.05) is 176 Å². The van der Waals surface area contributed by atoms with Gasteiger partial charge in [-0.25, -0.2) is 29.9 Å². The van der Waals surface area contributed by atoms with E-state index in [0.717, 1.165) is 55.6 Å². The molecular formula is C54H34N6S. The smallest absolute Gasteiger partial charge is 0.164 e. The summed E-state index contributed by atoms with van der Waals surface area (Å²) in [5.74, 6) is 3.46. The van der Waals surface area contributed by atoms with Crippen molar-refractivity contribution in [2.45, 2.75) is 0 Å². The first kappa shape index (κ1) is 36.1. The van der Waals surface area contributed by atoms with Crippen molar-refractivity contribution in [2.24, 2.45) is 0 Å². The van der Waals surface area contributed by atoms with Gasteiger partial charge in [0.25, 0.3) is 0 Å². The number of hydrogen-bond donors (Lipinski definition) is 0. The molecule has 0 aliphatic rings. The third-order valence-electron chi connectivity index (χ3n) is 10.8. The Hall–Kier alpha value is -8.00. The Kier molecular flexibility index (Phi) is 9.26. The highest BCUT2D eigenvalue weighted by atomic mass is 32.1. The van der Waals surface area contributed by atoms with Gasteiger partial charge in [-0.05, 0) is 52.6 Å². The summed E-state index contributed by atoms with van der Waals surface area (Å²) in [6, 6.07) is 70.7. The van der Waals surface area contributed by atoms with E-state index in [4.69, 9.17) is 29.9 Å². The van der Waals surface area contributed by atoms with Crippen LogP contribution in [-0.2, 0) is 0 Å². The maximum atomic E-state index is 5.24. The topological polar surface area (TPSA) is 77.3 Å². The van der Waals surface area contributed by atoms with Crippen molar-refractivity contribution in [3.63, 3.8) is 0 Å². The molecule has 3 aromatic heterocycles. The van der Waals surface area contributed by atoms with Crippen LogP contribution in [0.25, 0.3) is 111 Å². The van der Waals surface area contributed by atoms with E-state index >= 15 is 0 Å². The van der Waals surface area contributed by atoms with Crippen LogP contribution in [0.15, 0.2) is 206 Å². The van der Waals surface area contributed by atoms with E-state index in [-0.39, 0.29) is 0 Å². The zero-order valence-electron chi connectivity index (χ0n) is 32.7. The minimum Gasteiger partial charge on any atom is -0.208 e. The van der Waals surface area contributed by atoms with Gasteiger partial charge in [-0.2, -0.15) is 0 Å². The number of rotatable bonds is 8. The second kappa shape index (κ2) is 15.6. The number of thiophene rings is 1. The van der Waals surface area contributed by atoms with Gasteiger partial charge in [0.05, 0.1) is 0 Å². The molecule has 0 saturated carbocycles. The molecule has 11 rings (SSSR count). The lowest BCUT2D eigenvalue weighted by Crippen LogP contribution is -2.02. The average Bonchev–Trinajstić information content (AvgIpc) is 3.73. The van der Waals surface area contributed by atoms with Gasteiger partial charge in [0.1, 0.15) is 0 Å². The van der Waals surface area contributed by atoms with Gasteiger partial charge in [0, 0.05) is 53.6 Å². The largest absolute Gasteiger partial charge is 0.208 e. The Bertz CT molecular complexity index is 3280. The lowest BCUT2D eigenvalue weighted by Gasteiger charge is -2.13. The molecular weight excluding hydrogens is 765 g/mol. The Balaban J connectivity index is 1.12. The van der Waals surface area contributed by atoms with Crippen LogP contribution < -0.4 is 0 Å². The van der Waals surface area contributed by atoms with Crippen LogP contribution in [-0.4, -0.2) is 29.9 Å². The minimum atomic E-state index is 0.546. The fourth-order valence-corrected chi connectivity index (χ4v) is 8.84. The van der Waals surface area contributed by atoms with Crippen LogP contribution in [0.2, 0.25) is 0 Å². The molecule has 3 heterocycles. The van der Waals surface area contributed by atoms with Crippen molar-refractivity contribution in [2.75, 3.05) is 0 Å². The zero-order valence-corrected chi connectivity index (χ0v) is 33.5. The van der Waals surface area contributed by atoms with Crippen molar-refractivity contribution in [1.82, 2.24) is 29.9 Å². The van der Waals surface area contributed by atoms with Gasteiger partial charge in [0.2, 0.25) is 0 Å². The molecule has 0 radical (unpaired) electrons. The van der Waals surface area contributed by atoms with E-state index in [1.807, 2.05) is 97.1 Å². The SMILES string of the molecule is c1ccc(-c2ccc(-c3cc(-c4nc(-c5ccccc5)nc(-c5ccccc5)n4)cc(-c4nc(-c5ccccc5)nc(-c5ccc6c(c5)sc5ccccc56)n4)c3)cc2)cc1. The molecule has 0 aliphatic carbocycles. The molecule has 0 saturated heterocycles. The summed E-state index contributed by atoms with van der Waals surface area (Å²) < 4.78 is 2.43. The molecule has 0 bridgehead atoms. The normalized spacial score (nSPS) is 11.3. The van der Waals surface area contributed by atoms with Crippen molar-refractivity contribution in [1.29, 1.82) is 0 Å². The molecule has 0 spiro atoms. The predicted octanol–water partition coefficient (Wildman–Crippen LogP) is 13.8. The van der Waals surface area contributed by atoms with E-state index in [0.29, 0.717) is 34.9 Å². The summed E-state index contributed by atoms with van der Waals surface area (Å²) in [6.45, 7) is 0. The number of nitrogens with zero attached hydrogens (tertiary/aromatic N) is 6. The minimum absolute atomic E-state index is 0.546. The van der Waals surface area contributed by atoms with Crippen LogP contribution in [0.4, 0.5) is 0 Å². The fraction of sp³-hybridized carbons (Fsp3) is 0. The van der Waals surface area contributed by atoms with E-state index in [1.54, 1.807) is 11.3 Å². The highest BCUT2D eigenvalue weighted by Gasteiger charge is 2.19. The molecule has 11 aromatic rings. The molecule has 61 heavy (non-hydrogen) atoms. The standard InChI is InChI=1S/C54H34N6S/c1-5-15-35(16-6-1)36-25-27-37(28-26-36)42-31-43(53-57-49(38-17-7-2-8-18-38)55-50(58-53)39-19-9-3-10-20-39)33-44(32-42)54-59-51(40-21-11-4-12-22-40)56-52(60-54)41-29-30-46-45-23-13-14-24-47(45)61-48(46)34-41/h1-34H. The van der Waals surface area contributed by atoms with Crippen molar-refractivity contribution < 1.29 is 0 Å². The molecule has 0 aliphatic heterocycles. The van der Waals surface area contributed by atoms with Crippen LogP contribution in [0, 0.1) is 0 Å². The molecule has 8 aromatic carbocycles. The maximum absolute atomic E-state index is 5.24. The highest BCUT2D eigenvalue weighted by molar-refractivity contribution is 7.25. The first-order valence-corrected chi connectivity index (χ1v) is 20.9. The summed E-state index contributed by atoms with van der Waals surface area (Å²) in [4.78, 5) is 30.7. The first-order valence-electron chi connectivity index (χ1n) is 20.1. The summed E-state index contributed by atoms with van der Waals surface area (Å²) in [5, 5.41) is 2.47. The number of hydrogen-bond acceptors (Lipinski definition) is 7. The monoisotopic (exact) mass is 798 g/mol. The van der Waals surface area contributed by atoms with Gasteiger partial charge < -0.3 is 0 Å². The molecule has 7 heteroatoms. The Morgan fingerprint density at radius 1 is 0.213 bits per heavy atom. The van der Waals surface area contributed by atoms with Gasteiger partial charge >= 0.3 is 0 Å². The highest BCUT2D eigenvalue weighted by Crippen LogP contribution is 2.38. The van der Waals surface area contributed by atoms with E-state index in [1.165, 1.54) is 20.2 Å². The zero-order chi connectivity index (χ0) is 40.5. The molecule has 0 N–H and O–H groups in total. The quantitative estimate of drug-likeness (QED) is 0.152. The fourth-order valence-electron chi connectivity index (χ4n) is 7.69. The lowest BCUT2D eigenvalue weighted by atomic mass is 9.96. The van der Waals surface area contributed by atoms with Crippen molar-refractivity contribution >= 4 is 31.5 Å². The molecule has 0 fully saturated rings. The number of aromatic nitrogens is 6. The molecule has 0 atom stereocenters. The lowest BCUT2D eigenvalue weighted by molar-refractivity contribution is 1.07. The van der Waals surface area contributed by atoms with Crippen LogP contribution in [0.3, 0.4) is 0 Å². The molecule has 0 unspecified atom stereocenters. The molecule has 6 nitrogen and oxygen atoms in total. The van der Waals surface area contributed by atoms with Crippen molar-refractivity contribution in [3.05, 3.63) is 206 Å². The first-order chi connectivity index (χ1) is 30.2. The predicted molar refractivity (Wildman–Crippen MR) is 250 cm³/mol. The maximum Gasteiger partial charge on any atom is 0.164 e. The van der Waals surface area contributed by atoms with Gasteiger partial charge in [0.15, 0.2) is 34.9 Å². The molecule has 286 valence electrons. The molecule has 0 amide bonds. The third kappa shape index (κ3) is 7.24. The summed E-state index contributed by atoms with van der Waals surface area (Å²) >= 11 is 1.78. The van der Waals surface area contributed by atoms with Gasteiger partial charge in [-0.3, -0.25) is 0 Å². The Morgan fingerprint density at radius 2 is 0.541 bits per heavy atom. The second-order valence-electron chi connectivity index (χ2n) is 14.8. The van der Waals surface area contributed by atoms with E-state index in [2.05, 4.69) is 109 Å². The number of benzene rings is 8. The van der Waals surface area contributed by atoms with Crippen LogP contribution >= 0.6 is 11.3 Å². The van der Waals surface area contributed by atoms with Crippen LogP contribution in [0.1, 0.15) is 0 Å². The second-order valence-corrected chi connectivity index (χ2v) is 15.8. The number of fused-ring (bicyclic) bond motifs is 3. The van der Waals surface area contributed by atoms with E-state index in [9.17, 15) is 0 Å². The van der Waals surface area contributed by atoms with Crippen molar-refractivity contribution in [3.8, 4) is 90.6 Å². The summed E-state index contributed by atoms with van der Waals surface area (Å²) in [5.41, 5.74) is 9.58. The summed E-state index contributed by atoms with van der Waals surface area (Å²) in [6.07, 6.45) is 0. The van der Waals surface area contributed by atoms with Crippen LogP contribution in [0.5, 0.6) is 0 Å².